The van der Waals surface area contributed by atoms with Crippen LogP contribution < -0.4 is 16.2 Å². The number of nitrogens with zero attached hydrogens (tertiary/aromatic N) is 1. The zero-order valence-corrected chi connectivity index (χ0v) is 11.8. The van der Waals surface area contributed by atoms with E-state index in [1.807, 2.05) is 6.92 Å². The zero-order chi connectivity index (χ0) is 13.7. The van der Waals surface area contributed by atoms with Gasteiger partial charge in [-0.1, -0.05) is 6.92 Å². The molecule has 0 saturated carbocycles. The highest BCUT2D eigenvalue weighted by Gasteiger charge is 2.20. The Morgan fingerprint density at radius 1 is 1.58 bits per heavy atom. The first-order valence-electron chi connectivity index (χ1n) is 6.53. The Labute approximate surface area is 116 Å². The molecule has 2 heterocycles. The summed E-state index contributed by atoms with van der Waals surface area (Å²) in [6, 6.07) is 3.00. The largest absolute Gasteiger partial charge is 0.323 e. The van der Waals surface area contributed by atoms with Crippen LogP contribution in [0, 0.1) is 0 Å². The molecule has 0 aliphatic carbocycles. The Bertz CT molecular complexity index is 495. The standard InChI is InChI=1S/C13H19N3O2S/c1-2-6-16-8-10(3-4-12(16)17)15-13(18)11-9-19-7-5-14-11/h3-4,8,11,14H,2,5-7,9H2,1H3,(H,15,18). The van der Waals surface area contributed by atoms with E-state index in [1.165, 1.54) is 6.07 Å². The van der Waals surface area contributed by atoms with E-state index in [2.05, 4.69) is 10.6 Å². The second kappa shape index (κ2) is 6.77. The minimum Gasteiger partial charge on any atom is -0.323 e. The molecule has 1 fully saturated rings. The summed E-state index contributed by atoms with van der Waals surface area (Å²) in [4.78, 5) is 23.6. The van der Waals surface area contributed by atoms with Crippen molar-refractivity contribution in [2.45, 2.75) is 25.9 Å². The highest BCUT2D eigenvalue weighted by molar-refractivity contribution is 7.99. The summed E-state index contributed by atoms with van der Waals surface area (Å²) in [5.41, 5.74) is 0.640. The highest BCUT2D eigenvalue weighted by atomic mass is 32.2. The Balaban J connectivity index is 2.03. The maximum absolute atomic E-state index is 12.0. The van der Waals surface area contributed by atoms with Gasteiger partial charge in [-0.2, -0.15) is 11.8 Å². The van der Waals surface area contributed by atoms with E-state index in [0.29, 0.717) is 12.2 Å². The number of aromatic nitrogens is 1. The fraction of sp³-hybridized carbons (Fsp3) is 0.538. The SMILES string of the molecule is CCCn1cc(NC(=O)C2CSCCN2)ccc1=O. The molecular weight excluding hydrogens is 262 g/mol. The second-order valence-electron chi connectivity index (χ2n) is 4.52. The van der Waals surface area contributed by atoms with Gasteiger partial charge in [-0.3, -0.25) is 9.59 Å². The maximum Gasteiger partial charge on any atom is 0.250 e. The topological polar surface area (TPSA) is 63.1 Å². The van der Waals surface area contributed by atoms with Crippen LogP contribution in [0.1, 0.15) is 13.3 Å². The van der Waals surface area contributed by atoms with Crippen LogP contribution in [0.4, 0.5) is 5.69 Å². The van der Waals surface area contributed by atoms with Crippen LogP contribution in [-0.2, 0) is 11.3 Å². The molecule has 2 rings (SSSR count). The molecule has 1 aliphatic heterocycles. The van der Waals surface area contributed by atoms with Crippen LogP contribution in [0.15, 0.2) is 23.1 Å². The van der Waals surface area contributed by atoms with E-state index < -0.39 is 0 Å². The van der Waals surface area contributed by atoms with Crippen LogP contribution in [-0.4, -0.2) is 34.6 Å². The van der Waals surface area contributed by atoms with Gasteiger partial charge in [0, 0.05) is 36.9 Å². The Morgan fingerprint density at radius 2 is 2.42 bits per heavy atom. The number of rotatable bonds is 4. The van der Waals surface area contributed by atoms with E-state index in [0.717, 1.165) is 24.5 Å². The van der Waals surface area contributed by atoms with Crippen molar-refractivity contribution in [2.75, 3.05) is 23.4 Å². The fourth-order valence-corrected chi connectivity index (χ4v) is 2.92. The van der Waals surface area contributed by atoms with Crippen molar-refractivity contribution in [2.24, 2.45) is 0 Å². The molecule has 1 aliphatic rings. The van der Waals surface area contributed by atoms with Crippen molar-refractivity contribution in [3.63, 3.8) is 0 Å². The molecule has 1 amide bonds. The van der Waals surface area contributed by atoms with E-state index in [1.54, 1.807) is 28.6 Å². The molecule has 1 atom stereocenters. The first-order chi connectivity index (χ1) is 9.20. The molecule has 6 heteroatoms. The molecule has 1 aromatic rings. The minimum atomic E-state index is -0.148. The minimum absolute atomic E-state index is 0.0334. The summed E-state index contributed by atoms with van der Waals surface area (Å²) in [5, 5.41) is 6.05. The third kappa shape index (κ3) is 3.84. The molecule has 2 N–H and O–H groups in total. The quantitative estimate of drug-likeness (QED) is 0.861. The molecule has 1 unspecified atom stereocenters. The summed E-state index contributed by atoms with van der Waals surface area (Å²) in [7, 11) is 0. The van der Waals surface area contributed by atoms with Gasteiger partial charge in [0.2, 0.25) is 5.91 Å². The van der Waals surface area contributed by atoms with E-state index in [4.69, 9.17) is 0 Å². The zero-order valence-electron chi connectivity index (χ0n) is 11.0. The van der Waals surface area contributed by atoms with E-state index >= 15 is 0 Å². The average molecular weight is 281 g/mol. The summed E-state index contributed by atoms with van der Waals surface area (Å²) < 4.78 is 1.62. The van der Waals surface area contributed by atoms with Crippen LogP contribution in [0.5, 0.6) is 0 Å². The molecule has 0 bridgehead atoms. The predicted octanol–water partition coefficient (Wildman–Crippen LogP) is 0.902. The summed E-state index contributed by atoms with van der Waals surface area (Å²) in [6.45, 7) is 3.54. The number of hydrogen-bond donors (Lipinski definition) is 2. The third-order valence-corrected chi connectivity index (χ3v) is 4.02. The number of carbonyl (C=O) groups excluding carboxylic acids is 1. The number of pyridine rings is 1. The molecule has 0 spiro atoms. The molecule has 19 heavy (non-hydrogen) atoms. The van der Waals surface area contributed by atoms with Crippen molar-refractivity contribution in [3.8, 4) is 0 Å². The van der Waals surface area contributed by atoms with Crippen LogP contribution in [0.3, 0.4) is 0 Å². The number of aryl methyl sites for hydroxylation is 1. The summed E-state index contributed by atoms with van der Waals surface area (Å²) in [6.07, 6.45) is 2.60. The number of amides is 1. The number of carbonyl (C=O) groups is 1. The van der Waals surface area contributed by atoms with E-state index in [-0.39, 0.29) is 17.5 Å². The smallest absolute Gasteiger partial charge is 0.250 e. The summed E-state index contributed by atoms with van der Waals surface area (Å²) in [5.74, 6) is 1.81. The van der Waals surface area contributed by atoms with Crippen molar-refractivity contribution < 1.29 is 4.79 Å². The lowest BCUT2D eigenvalue weighted by molar-refractivity contribution is -0.117. The van der Waals surface area contributed by atoms with E-state index in [9.17, 15) is 9.59 Å². The van der Waals surface area contributed by atoms with Gasteiger partial charge in [0.1, 0.15) is 0 Å². The van der Waals surface area contributed by atoms with Gasteiger partial charge in [-0.25, -0.2) is 0 Å². The van der Waals surface area contributed by atoms with Crippen LogP contribution in [0.25, 0.3) is 0 Å². The van der Waals surface area contributed by atoms with Gasteiger partial charge in [-0.15, -0.1) is 0 Å². The predicted molar refractivity (Wildman–Crippen MR) is 78.7 cm³/mol. The Hall–Kier alpha value is -1.27. The number of nitrogens with one attached hydrogen (secondary N) is 2. The average Bonchev–Trinajstić information content (AvgIpc) is 2.44. The molecule has 0 radical (unpaired) electrons. The molecule has 1 saturated heterocycles. The van der Waals surface area contributed by atoms with Gasteiger partial charge in [0.25, 0.3) is 5.56 Å². The number of anilines is 1. The lowest BCUT2D eigenvalue weighted by atomic mass is 10.3. The van der Waals surface area contributed by atoms with Crippen molar-refractivity contribution in [3.05, 3.63) is 28.7 Å². The van der Waals surface area contributed by atoms with Gasteiger partial charge in [0.05, 0.1) is 11.7 Å². The summed E-state index contributed by atoms with van der Waals surface area (Å²) >= 11 is 1.78. The lowest BCUT2D eigenvalue weighted by Gasteiger charge is -2.22. The van der Waals surface area contributed by atoms with Gasteiger partial charge in [-0.05, 0) is 12.5 Å². The third-order valence-electron chi connectivity index (χ3n) is 2.95. The van der Waals surface area contributed by atoms with Crippen molar-refractivity contribution >= 4 is 23.4 Å². The van der Waals surface area contributed by atoms with Crippen LogP contribution in [0.2, 0.25) is 0 Å². The lowest BCUT2D eigenvalue weighted by Crippen LogP contribution is -2.46. The van der Waals surface area contributed by atoms with Gasteiger partial charge < -0.3 is 15.2 Å². The molecule has 104 valence electrons. The van der Waals surface area contributed by atoms with Gasteiger partial charge >= 0.3 is 0 Å². The van der Waals surface area contributed by atoms with Crippen LogP contribution >= 0.6 is 11.8 Å². The second-order valence-corrected chi connectivity index (χ2v) is 5.67. The number of hydrogen-bond acceptors (Lipinski definition) is 4. The molecule has 5 nitrogen and oxygen atoms in total. The molecule has 1 aromatic heterocycles. The highest BCUT2D eigenvalue weighted by Crippen LogP contribution is 2.10. The fourth-order valence-electron chi connectivity index (χ4n) is 1.98. The van der Waals surface area contributed by atoms with Crippen molar-refractivity contribution in [1.29, 1.82) is 0 Å². The van der Waals surface area contributed by atoms with Crippen molar-refractivity contribution in [1.82, 2.24) is 9.88 Å². The first kappa shape index (κ1) is 14.1. The van der Waals surface area contributed by atoms with Gasteiger partial charge in [0.15, 0.2) is 0 Å². The number of thioether (sulfide) groups is 1. The monoisotopic (exact) mass is 281 g/mol. The normalized spacial score (nSPS) is 19.1. The first-order valence-corrected chi connectivity index (χ1v) is 7.68. The molecular formula is C13H19N3O2S. The Kier molecular flexibility index (Phi) is 5.04. The molecule has 0 aromatic carbocycles. The maximum atomic E-state index is 12.0. The Morgan fingerprint density at radius 3 is 3.11 bits per heavy atom.